The number of rotatable bonds is 31. The SMILES string of the molecule is COCC1O[C@@H](O[C@@H]2C(COC)O[C@@H](C)C(OC)[C@H]2OC)C(OC)[C@@H](OC)[C@@H]1O[C@@H]1OC(COS(=O)(=O)[O-])[C@@H](O[C@H]2OC(COS(=O)(=O)[O-])[C@@H](OSOO[O-])C(OC)C2OOS(=O)[O-])C(OC)C1OS(=O)(=O)[O-]. The largest absolute Gasteiger partial charge is 0.748 e. The first-order chi connectivity index (χ1) is 34.4. The molecule has 40 heteroatoms. The Bertz CT molecular complexity index is 1990. The Balaban J connectivity index is 1.81. The molecular weight excluding hydrogens is 1120 g/mol. The van der Waals surface area contributed by atoms with E-state index in [2.05, 4.69) is 22.1 Å². The molecule has 0 bridgehead atoms. The van der Waals surface area contributed by atoms with Gasteiger partial charge in [-0.15, -0.1) is 8.67 Å². The molecule has 4 aliphatic heterocycles. The van der Waals surface area contributed by atoms with E-state index in [0.717, 1.165) is 14.2 Å². The predicted octanol–water partition coefficient (Wildman–Crippen LogP) is -5.43. The Labute approximate surface area is 425 Å². The summed E-state index contributed by atoms with van der Waals surface area (Å²) in [6.07, 6.45) is -31.8. The molecule has 11 unspecified atom stereocenters. The van der Waals surface area contributed by atoms with Crippen LogP contribution in [0.25, 0.3) is 0 Å². The zero-order valence-electron chi connectivity index (χ0n) is 39.7. The zero-order chi connectivity index (χ0) is 54.4. The molecule has 4 fully saturated rings. The molecule has 0 radical (unpaired) electrons. The van der Waals surface area contributed by atoms with Crippen LogP contribution in [0.1, 0.15) is 6.92 Å². The van der Waals surface area contributed by atoms with Crippen molar-refractivity contribution in [2.45, 2.75) is 130 Å². The minimum Gasteiger partial charge on any atom is -0.748 e. The second-order valence-electron chi connectivity index (χ2n) is 15.4. The quantitative estimate of drug-likeness (QED) is 0.0119. The molecule has 432 valence electrons. The van der Waals surface area contributed by atoms with Crippen molar-refractivity contribution in [1.29, 1.82) is 0 Å². The summed E-state index contributed by atoms with van der Waals surface area (Å²) >= 11 is -3.75. The number of hydrogen-bond donors (Lipinski definition) is 0. The van der Waals surface area contributed by atoms with E-state index in [1.807, 2.05) is 0 Å². The molecule has 4 rings (SSSR count). The van der Waals surface area contributed by atoms with Gasteiger partial charge in [0.1, 0.15) is 96.8 Å². The Kier molecular flexibility index (Phi) is 26.6. The summed E-state index contributed by atoms with van der Waals surface area (Å²) in [4.78, 5) is 4.98. The van der Waals surface area contributed by atoms with E-state index in [4.69, 9.17) is 84.3 Å². The molecule has 0 aromatic carbocycles. The van der Waals surface area contributed by atoms with Crippen molar-refractivity contribution in [3.05, 3.63) is 0 Å². The maximum atomic E-state index is 12.5. The fourth-order valence-electron chi connectivity index (χ4n) is 8.44. The van der Waals surface area contributed by atoms with Crippen LogP contribution >= 0.6 is 12.3 Å². The highest BCUT2D eigenvalue weighted by atomic mass is 32.3. The van der Waals surface area contributed by atoms with Gasteiger partial charge < -0.3 is 94.5 Å². The number of ether oxygens (including phenoxy) is 15. The summed E-state index contributed by atoms with van der Waals surface area (Å²) in [7, 11) is -7.28. The Hall–Kier alpha value is -0.770. The second-order valence-corrected chi connectivity index (χ2v) is 19.5. The maximum Gasteiger partial charge on any atom is 0.218 e. The predicted molar refractivity (Wildman–Crippen MR) is 219 cm³/mol. The van der Waals surface area contributed by atoms with E-state index >= 15 is 0 Å². The van der Waals surface area contributed by atoms with E-state index in [9.17, 15) is 52.9 Å². The Morgan fingerprint density at radius 3 is 1.29 bits per heavy atom. The summed E-state index contributed by atoms with van der Waals surface area (Å²) in [5.74, 6) is 0. The monoisotopic (exact) mass is 1170 g/mol. The lowest BCUT2D eigenvalue weighted by atomic mass is 9.94. The molecule has 4 aliphatic rings. The van der Waals surface area contributed by atoms with Crippen LogP contribution < -0.4 is 5.26 Å². The van der Waals surface area contributed by atoms with Crippen LogP contribution in [0.5, 0.6) is 0 Å². The van der Waals surface area contributed by atoms with Gasteiger partial charge in [0.05, 0.1) is 32.5 Å². The van der Waals surface area contributed by atoms with Crippen molar-refractivity contribution in [1.82, 2.24) is 0 Å². The second kappa shape index (κ2) is 30.0. The summed E-state index contributed by atoms with van der Waals surface area (Å²) in [5, 5.41) is 13.7. The minimum absolute atomic E-state index is 0.00944. The lowest BCUT2D eigenvalue weighted by Crippen LogP contribution is -2.68. The van der Waals surface area contributed by atoms with E-state index in [0.29, 0.717) is 0 Å². The third-order valence-electron chi connectivity index (χ3n) is 11.2. The van der Waals surface area contributed by atoms with Crippen LogP contribution in [0.4, 0.5) is 0 Å². The first-order valence-electron chi connectivity index (χ1n) is 20.7. The van der Waals surface area contributed by atoms with Crippen molar-refractivity contribution in [3.63, 3.8) is 0 Å². The third kappa shape index (κ3) is 18.4. The van der Waals surface area contributed by atoms with Gasteiger partial charge in [-0.3, -0.25) is 21.8 Å². The average Bonchev–Trinajstić information content (AvgIpc) is 3.31. The molecule has 21 atom stereocenters. The average molecular weight is 1170 g/mol. The molecule has 4 saturated heterocycles. The van der Waals surface area contributed by atoms with Gasteiger partial charge in [-0.05, 0) is 6.92 Å². The molecule has 0 N–H and O–H groups in total. The topological polar surface area (TPSA) is 447 Å². The summed E-state index contributed by atoms with van der Waals surface area (Å²) in [5.41, 5.74) is 0. The van der Waals surface area contributed by atoms with Crippen molar-refractivity contribution in [2.75, 3.05) is 83.3 Å². The van der Waals surface area contributed by atoms with Gasteiger partial charge in [0, 0.05) is 56.9 Å². The highest BCUT2D eigenvalue weighted by Gasteiger charge is 2.58. The van der Waals surface area contributed by atoms with Crippen LogP contribution in [0.2, 0.25) is 0 Å². The summed E-state index contributed by atoms with van der Waals surface area (Å²) in [6.45, 7) is -1.27. The Morgan fingerprint density at radius 1 is 0.493 bits per heavy atom. The van der Waals surface area contributed by atoms with Gasteiger partial charge in [-0.1, -0.05) is 0 Å². The fourth-order valence-corrected chi connectivity index (χ4v) is 10.0. The molecule has 0 aliphatic carbocycles. The molecule has 0 saturated carbocycles. The molecular formula is C33H55O35S5-5. The van der Waals surface area contributed by atoms with Crippen LogP contribution in [0.3, 0.4) is 0 Å². The van der Waals surface area contributed by atoms with Gasteiger partial charge in [-0.25, -0.2) is 34.3 Å². The first kappa shape index (κ1) is 64.8. The van der Waals surface area contributed by atoms with Crippen LogP contribution in [0, 0.1) is 0 Å². The lowest BCUT2D eigenvalue weighted by Gasteiger charge is -2.51. The van der Waals surface area contributed by atoms with Gasteiger partial charge in [0.15, 0.2) is 43.4 Å². The molecule has 35 nitrogen and oxygen atoms in total. The van der Waals surface area contributed by atoms with Crippen LogP contribution in [-0.4, -0.2) is 254 Å². The highest BCUT2D eigenvalue weighted by Crippen LogP contribution is 2.39. The standard InChI is InChI=1S/C33H60O35S5/c1-14-19(48-4)24(49-5)20(15(56-14)10-46-2)60-31-28(53-9)25(50-6)21(16(57-31)11-47-3)62-33-30(65-73(43,44)45)26(51-7)22(17(58-33)12-54-71(37,38)39)61-32-29(63-68-70(35)36)27(52-8)23(64-69-67-66-34)18(59-32)13-55-72(40,41)42/h14-34H,10-13H2,1-9H3,(H,35,36)(H,37,38,39)(H,40,41,42)(H,43,44,45)/p-5/t14-,15?,16?,17?,18?,19?,20+,21+,22+,23+,24+,25-,26?,27?,28?,29?,30?,31-,32+,33-/m0/s1. The van der Waals surface area contributed by atoms with E-state index in [1.165, 1.54) is 42.7 Å². The molecule has 0 amide bonds. The van der Waals surface area contributed by atoms with Gasteiger partial charge in [-0.2, -0.15) is 0 Å². The lowest BCUT2D eigenvalue weighted by molar-refractivity contribution is -0.777. The molecule has 73 heavy (non-hydrogen) atoms. The number of hydrogen-bond acceptors (Lipinski definition) is 36. The highest BCUT2D eigenvalue weighted by molar-refractivity contribution is 7.89. The first-order valence-corrected chi connectivity index (χ1v) is 26.4. The molecule has 4 heterocycles. The normalized spacial score (nSPS) is 38.3. The molecule has 0 spiro atoms. The smallest absolute Gasteiger partial charge is 0.218 e. The van der Waals surface area contributed by atoms with Crippen LogP contribution in [-0.2, 0) is 149 Å². The molecule has 0 aromatic rings. The van der Waals surface area contributed by atoms with E-state index in [-0.39, 0.29) is 25.5 Å². The summed E-state index contributed by atoms with van der Waals surface area (Å²) in [6, 6.07) is 0. The maximum absolute atomic E-state index is 12.5. The summed E-state index contributed by atoms with van der Waals surface area (Å²) < 4.78 is 246. The van der Waals surface area contributed by atoms with Crippen molar-refractivity contribution in [3.8, 4) is 0 Å². The van der Waals surface area contributed by atoms with Gasteiger partial charge in [0.25, 0.3) is 0 Å². The van der Waals surface area contributed by atoms with Crippen molar-refractivity contribution >= 4 is 54.9 Å². The van der Waals surface area contributed by atoms with Gasteiger partial charge >= 0.3 is 0 Å². The van der Waals surface area contributed by atoms with Gasteiger partial charge in [0.2, 0.25) is 31.2 Å². The van der Waals surface area contributed by atoms with E-state index in [1.54, 1.807) is 6.92 Å². The Morgan fingerprint density at radius 2 is 0.877 bits per heavy atom. The zero-order valence-corrected chi connectivity index (χ0v) is 43.8. The number of methoxy groups -OCH3 is 8. The fraction of sp³-hybridized carbons (Fsp3) is 1.00. The molecule has 0 aromatic heterocycles. The van der Waals surface area contributed by atoms with E-state index < -0.39 is 178 Å². The van der Waals surface area contributed by atoms with Crippen molar-refractivity contribution < 1.29 is 159 Å². The van der Waals surface area contributed by atoms with Crippen LogP contribution in [0.15, 0.2) is 0 Å². The third-order valence-corrected chi connectivity index (χ3v) is 13.1. The van der Waals surface area contributed by atoms with Crippen molar-refractivity contribution in [2.24, 2.45) is 0 Å². The minimum atomic E-state index is -5.88.